The highest BCUT2D eigenvalue weighted by atomic mass is 32.2. The maximum absolute atomic E-state index is 11.5. The van der Waals surface area contributed by atoms with Gasteiger partial charge in [0.2, 0.25) is 5.89 Å². The molecule has 7 heteroatoms. The molecule has 1 saturated carbocycles. The van der Waals surface area contributed by atoms with Crippen LogP contribution in [0.5, 0.6) is 0 Å². The van der Waals surface area contributed by atoms with E-state index in [4.69, 9.17) is 4.52 Å². The largest absolute Gasteiger partial charge is 0.338 e. The topological polar surface area (TPSA) is 85.1 Å². The third-order valence-corrected chi connectivity index (χ3v) is 6.84. The molecule has 0 spiro atoms. The van der Waals surface area contributed by atoms with E-state index in [-0.39, 0.29) is 23.5 Å². The lowest BCUT2D eigenvalue weighted by molar-refractivity contribution is 0.300. The zero-order valence-electron chi connectivity index (χ0n) is 11.3. The van der Waals surface area contributed by atoms with Gasteiger partial charge in [0, 0.05) is 5.92 Å². The zero-order valence-corrected chi connectivity index (χ0v) is 12.1. The fourth-order valence-electron chi connectivity index (χ4n) is 4.00. The summed E-state index contributed by atoms with van der Waals surface area (Å²) in [5.74, 6) is 2.89. The van der Waals surface area contributed by atoms with E-state index in [1.807, 2.05) is 0 Å². The van der Waals surface area contributed by atoms with Gasteiger partial charge in [0.25, 0.3) is 0 Å². The Kier molecular flexibility index (Phi) is 2.89. The molecule has 2 saturated heterocycles. The Morgan fingerprint density at radius 1 is 1.25 bits per heavy atom. The maximum atomic E-state index is 11.5. The van der Waals surface area contributed by atoms with Crippen molar-refractivity contribution in [1.82, 2.24) is 15.5 Å². The SMILES string of the molecule is O=S1(=O)CCC(c2noc(C3NCC4CCCC43)n2)C1. The molecule has 1 aromatic heterocycles. The third kappa shape index (κ3) is 2.07. The molecule has 4 rings (SSSR count). The smallest absolute Gasteiger partial charge is 0.244 e. The first-order chi connectivity index (χ1) is 9.62. The number of hydrogen-bond acceptors (Lipinski definition) is 6. The van der Waals surface area contributed by atoms with Crippen molar-refractivity contribution in [2.75, 3.05) is 18.1 Å². The second-order valence-corrected chi connectivity index (χ2v) is 8.56. The normalized spacial score (nSPS) is 39.2. The van der Waals surface area contributed by atoms with Crippen LogP contribution in [0.25, 0.3) is 0 Å². The summed E-state index contributed by atoms with van der Waals surface area (Å²) in [6.45, 7) is 1.03. The van der Waals surface area contributed by atoms with Crippen molar-refractivity contribution in [1.29, 1.82) is 0 Å². The summed E-state index contributed by atoms with van der Waals surface area (Å²) < 4.78 is 28.5. The van der Waals surface area contributed by atoms with E-state index in [1.165, 1.54) is 19.3 Å². The first-order valence-electron chi connectivity index (χ1n) is 7.40. The van der Waals surface area contributed by atoms with Crippen LogP contribution in [0.3, 0.4) is 0 Å². The molecule has 0 radical (unpaired) electrons. The van der Waals surface area contributed by atoms with Crippen molar-refractivity contribution in [2.45, 2.75) is 37.6 Å². The predicted molar refractivity (Wildman–Crippen MR) is 71.9 cm³/mol. The molecule has 20 heavy (non-hydrogen) atoms. The minimum atomic E-state index is -2.90. The summed E-state index contributed by atoms with van der Waals surface area (Å²) in [7, 11) is -2.90. The summed E-state index contributed by atoms with van der Waals surface area (Å²) in [6, 6.07) is 0.168. The Labute approximate surface area is 118 Å². The van der Waals surface area contributed by atoms with Gasteiger partial charge in [0.1, 0.15) is 0 Å². The standard InChI is InChI=1S/C13H19N3O3S/c17-20(18)5-4-9(7-20)12-15-13(19-16-12)11-10-3-1-2-8(10)6-14-11/h8-11,14H,1-7H2. The first kappa shape index (κ1) is 12.8. The molecule has 110 valence electrons. The number of hydrogen-bond donors (Lipinski definition) is 1. The number of aromatic nitrogens is 2. The van der Waals surface area contributed by atoms with Gasteiger partial charge in [0.05, 0.1) is 17.5 Å². The van der Waals surface area contributed by atoms with E-state index in [0.717, 1.165) is 12.5 Å². The number of nitrogens with one attached hydrogen (secondary N) is 1. The molecule has 6 nitrogen and oxygen atoms in total. The van der Waals surface area contributed by atoms with Crippen LogP contribution in [0, 0.1) is 11.8 Å². The van der Waals surface area contributed by atoms with Crippen molar-refractivity contribution in [3.63, 3.8) is 0 Å². The maximum Gasteiger partial charge on any atom is 0.244 e. The van der Waals surface area contributed by atoms with Gasteiger partial charge in [-0.25, -0.2) is 8.42 Å². The van der Waals surface area contributed by atoms with Crippen LogP contribution in [0.4, 0.5) is 0 Å². The minimum absolute atomic E-state index is 0.0849. The molecule has 0 amide bonds. The quantitative estimate of drug-likeness (QED) is 0.877. The van der Waals surface area contributed by atoms with Crippen LogP contribution in [-0.2, 0) is 9.84 Å². The molecular formula is C13H19N3O3S. The molecule has 0 aromatic carbocycles. The highest BCUT2D eigenvalue weighted by molar-refractivity contribution is 7.91. The average Bonchev–Trinajstić information content (AvgIpc) is 3.08. The lowest BCUT2D eigenvalue weighted by Crippen LogP contribution is -2.18. The van der Waals surface area contributed by atoms with Gasteiger partial charge in [-0.1, -0.05) is 11.6 Å². The van der Waals surface area contributed by atoms with E-state index in [9.17, 15) is 8.42 Å². The summed E-state index contributed by atoms with van der Waals surface area (Å²) in [5, 5.41) is 7.51. The second-order valence-electron chi connectivity index (χ2n) is 6.33. The minimum Gasteiger partial charge on any atom is -0.338 e. The molecule has 1 aliphatic carbocycles. The monoisotopic (exact) mass is 297 g/mol. The van der Waals surface area contributed by atoms with Gasteiger partial charge < -0.3 is 9.84 Å². The van der Waals surface area contributed by atoms with Crippen LogP contribution >= 0.6 is 0 Å². The first-order valence-corrected chi connectivity index (χ1v) is 9.22. The van der Waals surface area contributed by atoms with Crippen LogP contribution < -0.4 is 5.32 Å². The van der Waals surface area contributed by atoms with E-state index >= 15 is 0 Å². The van der Waals surface area contributed by atoms with E-state index < -0.39 is 9.84 Å². The molecule has 1 N–H and O–H groups in total. The Morgan fingerprint density at radius 2 is 2.15 bits per heavy atom. The Bertz CT molecular complexity index is 612. The molecule has 1 aromatic rings. The van der Waals surface area contributed by atoms with Crippen molar-refractivity contribution in [3.05, 3.63) is 11.7 Å². The highest BCUT2D eigenvalue weighted by Gasteiger charge is 2.42. The molecule has 0 bridgehead atoms. The van der Waals surface area contributed by atoms with Gasteiger partial charge in [-0.15, -0.1) is 0 Å². The fraction of sp³-hybridized carbons (Fsp3) is 0.846. The number of nitrogens with zero attached hydrogens (tertiary/aromatic N) is 2. The number of sulfone groups is 1. The van der Waals surface area contributed by atoms with Crippen LogP contribution in [0.2, 0.25) is 0 Å². The second kappa shape index (κ2) is 4.53. The number of rotatable bonds is 2. The number of fused-ring (bicyclic) bond motifs is 1. The summed E-state index contributed by atoms with van der Waals surface area (Å²) in [6.07, 6.45) is 4.41. The molecule has 3 heterocycles. The third-order valence-electron chi connectivity index (χ3n) is 5.07. The van der Waals surface area contributed by atoms with Crippen molar-refractivity contribution in [3.8, 4) is 0 Å². The van der Waals surface area contributed by atoms with Crippen molar-refractivity contribution < 1.29 is 12.9 Å². The summed E-state index contributed by atoms with van der Waals surface area (Å²) in [5.41, 5.74) is 0. The summed E-state index contributed by atoms with van der Waals surface area (Å²) in [4.78, 5) is 4.50. The average molecular weight is 297 g/mol. The summed E-state index contributed by atoms with van der Waals surface area (Å²) >= 11 is 0. The van der Waals surface area contributed by atoms with Gasteiger partial charge in [-0.05, 0) is 37.6 Å². The fourth-order valence-corrected chi connectivity index (χ4v) is 5.74. The molecule has 2 aliphatic heterocycles. The van der Waals surface area contributed by atoms with Crippen LogP contribution in [-0.4, -0.2) is 36.6 Å². The van der Waals surface area contributed by atoms with Crippen molar-refractivity contribution in [2.24, 2.45) is 11.8 Å². The van der Waals surface area contributed by atoms with Gasteiger partial charge in [0.15, 0.2) is 15.7 Å². The predicted octanol–water partition coefficient (Wildman–Crippen LogP) is 1.03. The van der Waals surface area contributed by atoms with Crippen LogP contribution in [0.15, 0.2) is 4.52 Å². The van der Waals surface area contributed by atoms with E-state index in [0.29, 0.717) is 24.1 Å². The molecule has 4 atom stereocenters. The lowest BCUT2D eigenvalue weighted by atomic mass is 9.94. The van der Waals surface area contributed by atoms with Crippen LogP contribution in [0.1, 0.15) is 49.4 Å². The highest BCUT2D eigenvalue weighted by Crippen LogP contribution is 2.44. The zero-order chi connectivity index (χ0) is 13.7. The van der Waals surface area contributed by atoms with E-state index in [1.54, 1.807) is 0 Å². The van der Waals surface area contributed by atoms with Gasteiger partial charge in [-0.2, -0.15) is 4.98 Å². The molecule has 4 unspecified atom stereocenters. The Balaban J connectivity index is 1.54. The van der Waals surface area contributed by atoms with Gasteiger partial charge >= 0.3 is 0 Å². The van der Waals surface area contributed by atoms with Gasteiger partial charge in [-0.3, -0.25) is 0 Å². The lowest BCUT2D eigenvalue weighted by Gasteiger charge is -2.13. The van der Waals surface area contributed by atoms with Crippen molar-refractivity contribution >= 4 is 9.84 Å². The molecule has 3 fully saturated rings. The Morgan fingerprint density at radius 3 is 2.95 bits per heavy atom. The Hall–Kier alpha value is -0.950. The molecular weight excluding hydrogens is 278 g/mol. The van der Waals surface area contributed by atoms with E-state index in [2.05, 4.69) is 15.5 Å². The molecule has 3 aliphatic rings.